The van der Waals surface area contributed by atoms with Crippen LogP contribution in [0.3, 0.4) is 0 Å². The van der Waals surface area contributed by atoms with E-state index < -0.39 is 23.5 Å². The molecule has 1 heterocycles. The molecule has 21 heteroatoms. The van der Waals surface area contributed by atoms with E-state index in [1.165, 1.54) is 0 Å². The maximum atomic E-state index is 8.88. The Bertz CT molecular complexity index is 498. The lowest BCUT2D eigenvalue weighted by Gasteiger charge is -1.93. The molecule has 1 rings (SSSR count). The molecule has 0 saturated carbocycles. The monoisotopic (exact) mass is 420 g/mol. The average molecular weight is 420 g/mol. The summed E-state index contributed by atoms with van der Waals surface area (Å²) in [4.78, 5) is 75.2. The van der Waals surface area contributed by atoms with E-state index in [1.54, 1.807) is 0 Å². The molecule has 18 nitrogen and oxygen atoms in total. The minimum Gasteiger partial charge on any atom is -0.368 e. The van der Waals surface area contributed by atoms with Gasteiger partial charge in [-0.05, 0) is 0 Å². The zero-order valence-corrected chi connectivity index (χ0v) is 13.8. The van der Waals surface area contributed by atoms with Crippen molar-refractivity contribution in [1.29, 1.82) is 0 Å². The minimum atomic E-state index is -4.64. The molecule has 0 aromatic carbocycles. The zero-order valence-electron chi connectivity index (χ0n) is 11.2. The summed E-state index contributed by atoms with van der Waals surface area (Å²) in [5, 5.41) is 0. The molecule has 0 saturated heterocycles. The molecule has 0 aliphatic rings. The number of rotatable bonds is 0. The van der Waals surface area contributed by atoms with Gasteiger partial charge in [-0.1, -0.05) is 0 Å². The van der Waals surface area contributed by atoms with Crippen LogP contribution in [0.1, 0.15) is 0 Å². The minimum absolute atomic E-state index is 0.0417. The molecule has 0 unspecified atom stereocenters. The van der Waals surface area contributed by atoms with Gasteiger partial charge in [0.15, 0.2) is 0 Å². The quantitative estimate of drug-likeness (QED) is 0.177. The fraction of sp³-hybridized carbons (Fsp3) is 0. The van der Waals surface area contributed by atoms with Gasteiger partial charge in [0.2, 0.25) is 17.8 Å². The van der Waals surface area contributed by atoms with Gasteiger partial charge >= 0.3 is 23.5 Å². The van der Waals surface area contributed by atoms with Crippen molar-refractivity contribution in [1.82, 2.24) is 15.0 Å². The fourth-order valence-corrected chi connectivity index (χ4v) is 0.427. The van der Waals surface area contributed by atoms with E-state index in [9.17, 15) is 0 Å². The highest BCUT2D eigenvalue weighted by atomic mass is 31.2. The lowest BCUT2D eigenvalue weighted by atomic mass is 10.9. The average Bonchev–Trinajstić information content (AvgIpc) is 2.04. The first kappa shape index (κ1) is 27.6. The molecule has 15 N–H and O–H groups in total. The summed E-state index contributed by atoms with van der Waals surface area (Å²) in [7, 11) is -13.9. The molecule has 24 heavy (non-hydrogen) atoms. The standard InChI is InChI=1S/C3H6N6.3H3O4P/c4-1-7-2(5)9-3(6)8-1;3*1-5(2,3)4/h(H6,4,5,6,7,8,9);3*(H3,1,2,3,4). The van der Waals surface area contributed by atoms with Crippen LogP contribution in [0.15, 0.2) is 0 Å². The van der Waals surface area contributed by atoms with Crippen LogP contribution >= 0.6 is 23.5 Å². The van der Waals surface area contributed by atoms with E-state index in [-0.39, 0.29) is 17.8 Å². The van der Waals surface area contributed by atoms with Crippen LogP contribution in [0.5, 0.6) is 0 Å². The van der Waals surface area contributed by atoms with Gasteiger partial charge in [0.25, 0.3) is 0 Å². The van der Waals surface area contributed by atoms with Gasteiger partial charge in [-0.3, -0.25) is 0 Å². The lowest BCUT2D eigenvalue weighted by molar-refractivity contribution is 0.272. The van der Waals surface area contributed by atoms with Crippen molar-refractivity contribution in [3.8, 4) is 0 Å². The second-order valence-corrected chi connectivity index (χ2v) is 6.03. The fourth-order valence-electron chi connectivity index (χ4n) is 0.427. The summed E-state index contributed by atoms with van der Waals surface area (Å²) in [5.74, 6) is 0.125. The van der Waals surface area contributed by atoms with E-state index in [4.69, 9.17) is 74.9 Å². The summed E-state index contributed by atoms with van der Waals surface area (Å²) < 4.78 is 26.6. The number of nitrogens with zero attached hydrogens (tertiary/aromatic N) is 3. The molecular formula is C3H15N6O12P3. The van der Waals surface area contributed by atoms with Gasteiger partial charge < -0.3 is 61.2 Å². The third-order valence-corrected chi connectivity index (χ3v) is 0.687. The normalized spacial score (nSPS) is 10.9. The van der Waals surface area contributed by atoms with Crippen LogP contribution in [0, 0.1) is 0 Å². The Morgan fingerprint density at radius 3 is 0.667 bits per heavy atom. The number of aromatic nitrogens is 3. The third kappa shape index (κ3) is 70.1. The third-order valence-electron chi connectivity index (χ3n) is 0.687. The van der Waals surface area contributed by atoms with Gasteiger partial charge in [0, 0.05) is 0 Å². The van der Waals surface area contributed by atoms with Crippen LogP contribution in [-0.4, -0.2) is 59.0 Å². The predicted molar refractivity (Wildman–Crippen MR) is 75.9 cm³/mol. The Hall–Kier alpha value is -1.26. The zero-order chi connectivity index (χ0) is 20.4. The highest BCUT2D eigenvalue weighted by molar-refractivity contribution is 7.45. The van der Waals surface area contributed by atoms with Gasteiger partial charge in [-0.25, -0.2) is 13.7 Å². The molecule has 1 aromatic rings. The SMILES string of the molecule is Nc1nc(N)nc(N)n1.O=P(O)(O)O.O=P(O)(O)O.O=P(O)(O)O. The Labute approximate surface area is 132 Å². The van der Waals surface area contributed by atoms with Crippen LogP contribution < -0.4 is 17.2 Å². The first-order valence-electron chi connectivity index (χ1n) is 4.56. The van der Waals surface area contributed by atoms with E-state index in [0.717, 1.165) is 0 Å². The van der Waals surface area contributed by atoms with Gasteiger partial charge in [0.05, 0.1) is 0 Å². The summed E-state index contributed by atoms with van der Waals surface area (Å²) in [5.41, 5.74) is 15.4. The van der Waals surface area contributed by atoms with E-state index in [2.05, 4.69) is 15.0 Å². The van der Waals surface area contributed by atoms with Crippen LogP contribution in [0.25, 0.3) is 0 Å². The largest absolute Gasteiger partial charge is 0.466 e. The van der Waals surface area contributed by atoms with Crippen LogP contribution in [0.4, 0.5) is 17.8 Å². The summed E-state index contributed by atoms with van der Waals surface area (Å²) in [6, 6.07) is 0. The molecule has 0 radical (unpaired) electrons. The van der Waals surface area contributed by atoms with Crippen LogP contribution in [-0.2, 0) is 13.7 Å². The van der Waals surface area contributed by atoms with Crippen molar-refractivity contribution < 1.29 is 57.7 Å². The second kappa shape index (κ2) is 11.3. The highest BCUT2D eigenvalue weighted by Crippen LogP contribution is 2.26. The van der Waals surface area contributed by atoms with Crippen molar-refractivity contribution in [2.45, 2.75) is 0 Å². The number of nitrogen functional groups attached to an aromatic ring is 3. The molecule has 0 bridgehead atoms. The van der Waals surface area contributed by atoms with Crippen molar-refractivity contribution in [3.63, 3.8) is 0 Å². The van der Waals surface area contributed by atoms with E-state index >= 15 is 0 Å². The molecular weight excluding hydrogens is 405 g/mol. The topological polar surface area (TPSA) is 350 Å². The number of phosphoric acid groups is 3. The number of anilines is 3. The first-order valence-corrected chi connectivity index (χ1v) is 9.25. The number of hydrogen-bond donors (Lipinski definition) is 12. The maximum Gasteiger partial charge on any atom is 0.466 e. The Balaban J connectivity index is -0.000000259. The smallest absolute Gasteiger partial charge is 0.368 e. The lowest BCUT2D eigenvalue weighted by Crippen LogP contribution is -2.05. The molecule has 0 aliphatic carbocycles. The summed E-state index contributed by atoms with van der Waals surface area (Å²) in [6.07, 6.45) is 0. The van der Waals surface area contributed by atoms with Crippen molar-refractivity contribution in [3.05, 3.63) is 0 Å². The van der Waals surface area contributed by atoms with Crippen LogP contribution in [0.2, 0.25) is 0 Å². The van der Waals surface area contributed by atoms with Crippen molar-refractivity contribution in [2.24, 2.45) is 0 Å². The molecule has 0 aliphatic heterocycles. The molecule has 0 atom stereocenters. The van der Waals surface area contributed by atoms with Gasteiger partial charge in [-0.2, -0.15) is 15.0 Å². The number of nitrogens with two attached hydrogens (primary N) is 3. The van der Waals surface area contributed by atoms with Gasteiger partial charge in [0.1, 0.15) is 0 Å². The number of hydrogen-bond acceptors (Lipinski definition) is 9. The van der Waals surface area contributed by atoms with E-state index in [0.29, 0.717) is 0 Å². The van der Waals surface area contributed by atoms with Gasteiger partial charge in [-0.15, -0.1) is 0 Å². The molecule has 0 fully saturated rings. The first-order chi connectivity index (χ1) is 10.2. The Kier molecular flexibility index (Phi) is 13.0. The summed E-state index contributed by atoms with van der Waals surface area (Å²) >= 11 is 0. The van der Waals surface area contributed by atoms with E-state index in [1.807, 2.05) is 0 Å². The molecule has 1 aromatic heterocycles. The Morgan fingerprint density at radius 1 is 0.500 bits per heavy atom. The van der Waals surface area contributed by atoms with Crippen molar-refractivity contribution >= 4 is 41.3 Å². The Morgan fingerprint density at radius 2 is 0.583 bits per heavy atom. The molecule has 144 valence electrons. The second-order valence-electron chi connectivity index (χ2n) is 2.95. The highest BCUT2D eigenvalue weighted by Gasteiger charge is 2.01. The molecule has 0 amide bonds. The maximum absolute atomic E-state index is 8.88. The predicted octanol–water partition coefficient (Wildman–Crippen LogP) is -4.17. The summed E-state index contributed by atoms with van der Waals surface area (Å²) in [6.45, 7) is 0. The molecule has 0 spiro atoms. The van der Waals surface area contributed by atoms with Crippen molar-refractivity contribution in [2.75, 3.05) is 17.2 Å².